The van der Waals surface area contributed by atoms with Gasteiger partial charge in [0.25, 0.3) is 5.69 Å². The first-order valence-electron chi connectivity index (χ1n) is 6.37. The van der Waals surface area contributed by atoms with Gasteiger partial charge in [0, 0.05) is 24.7 Å². The molecule has 0 radical (unpaired) electrons. The maximum Gasteiger partial charge on any atom is 0.272 e. The molecule has 1 aromatic heterocycles. The van der Waals surface area contributed by atoms with Crippen molar-refractivity contribution in [1.82, 2.24) is 9.97 Å². The summed E-state index contributed by atoms with van der Waals surface area (Å²) >= 11 is 0. The summed E-state index contributed by atoms with van der Waals surface area (Å²) in [6.07, 6.45) is 0. The third-order valence-corrected chi connectivity index (χ3v) is 2.98. The third kappa shape index (κ3) is 3.25. The van der Waals surface area contributed by atoms with Gasteiger partial charge in [-0.15, -0.1) is 0 Å². The van der Waals surface area contributed by atoms with E-state index in [1.54, 1.807) is 40.0 Å². The van der Waals surface area contributed by atoms with E-state index >= 15 is 0 Å². The molecule has 0 aliphatic carbocycles. The predicted molar refractivity (Wildman–Crippen MR) is 79.0 cm³/mol. The van der Waals surface area contributed by atoms with Gasteiger partial charge >= 0.3 is 0 Å². The molecule has 0 aliphatic heterocycles. The number of hydrogen-bond donors (Lipinski definition) is 1. The molecular formula is C14H16N4O3. The first-order chi connectivity index (χ1) is 9.90. The molecule has 0 spiro atoms. The summed E-state index contributed by atoms with van der Waals surface area (Å²) in [7, 11) is 1.76. The second-order valence-corrected chi connectivity index (χ2v) is 4.65. The van der Waals surface area contributed by atoms with Gasteiger partial charge in [0.2, 0.25) is 5.88 Å². The summed E-state index contributed by atoms with van der Waals surface area (Å²) in [5, 5.41) is 13.8. The van der Waals surface area contributed by atoms with Gasteiger partial charge in [-0.2, -0.15) is 4.98 Å². The maximum absolute atomic E-state index is 10.9. The lowest BCUT2D eigenvalue weighted by Crippen LogP contribution is -2.00. The van der Waals surface area contributed by atoms with E-state index in [4.69, 9.17) is 4.74 Å². The van der Waals surface area contributed by atoms with Crippen LogP contribution < -0.4 is 10.1 Å². The predicted octanol–water partition coefficient (Wildman–Crippen LogP) is 3.14. The quantitative estimate of drug-likeness (QED) is 0.686. The van der Waals surface area contributed by atoms with E-state index in [0.29, 0.717) is 34.4 Å². The fourth-order valence-electron chi connectivity index (χ4n) is 1.91. The van der Waals surface area contributed by atoms with Crippen molar-refractivity contribution in [3.63, 3.8) is 0 Å². The molecule has 2 aromatic rings. The highest BCUT2D eigenvalue weighted by Gasteiger charge is 2.15. The molecule has 0 amide bonds. The number of aromatic nitrogens is 2. The van der Waals surface area contributed by atoms with Crippen LogP contribution >= 0.6 is 0 Å². The van der Waals surface area contributed by atoms with Gasteiger partial charge in [0.05, 0.1) is 4.92 Å². The number of rotatable bonds is 4. The molecule has 7 heteroatoms. The van der Waals surface area contributed by atoms with Gasteiger partial charge in [0.1, 0.15) is 17.4 Å². The van der Waals surface area contributed by atoms with Crippen molar-refractivity contribution in [3.8, 4) is 11.6 Å². The number of nitro groups is 1. The smallest absolute Gasteiger partial charge is 0.272 e. The van der Waals surface area contributed by atoms with Gasteiger partial charge in [-0.25, -0.2) is 4.98 Å². The number of nitrogens with one attached hydrogen (secondary N) is 1. The molecule has 0 saturated carbocycles. The zero-order valence-corrected chi connectivity index (χ0v) is 12.3. The lowest BCUT2D eigenvalue weighted by atomic mass is 10.1. The molecule has 0 saturated heterocycles. The molecule has 7 nitrogen and oxygen atoms in total. The number of nitrogens with zero attached hydrogens (tertiary/aromatic N) is 3. The lowest BCUT2D eigenvalue weighted by molar-refractivity contribution is -0.385. The van der Waals surface area contributed by atoms with Crippen molar-refractivity contribution in [2.24, 2.45) is 0 Å². The maximum atomic E-state index is 10.9. The van der Waals surface area contributed by atoms with Crippen LogP contribution in [0.2, 0.25) is 0 Å². The third-order valence-electron chi connectivity index (χ3n) is 2.98. The summed E-state index contributed by atoms with van der Waals surface area (Å²) in [4.78, 5) is 18.9. The minimum atomic E-state index is -0.403. The molecule has 0 atom stereocenters. The Balaban J connectivity index is 2.38. The minimum Gasteiger partial charge on any atom is -0.439 e. The Labute approximate surface area is 122 Å². The van der Waals surface area contributed by atoms with Gasteiger partial charge in [0.15, 0.2) is 0 Å². The monoisotopic (exact) mass is 288 g/mol. The second-order valence-electron chi connectivity index (χ2n) is 4.65. The minimum absolute atomic E-state index is 0.0784. The Bertz CT molecular complexity index is 701. The molecule has 0 bridgehead atoms. The Hall–Kier alpha value is -2.70. The standard InChI is InChI=1S/C14H16N4O3/c1-8-6-12(9(2)5-11(8)18(19)20)21-14-7-13(15-4)16-10(3)17-14/h5-7H,1-4H3,(H,15,16,17). The first-order valence-corrected chi connectivity index (χ1v) is 6.37. The van der Waals surface area contributed by atoms with Crippen LogP contribution in [0.3, 0.4) is 0 Å². The molecular weight excluding hydrogens is 272 g/mol. The Morgan fingerprint density at radius 2 is 1.86 bits per heavy atom. The number of nitro benzene ring substituents is 1. The largest absolute Gasteiger partial charge is 0.439 e. The number of hydrogen-bond acceptors (Lipinski definition) is 6. The lowest BCUT2D eigenvalue weighted by Gasteiger charge is -2.10. The van der Waals surface area contributed by atoms with E-state index < -0.39 is 4.92 Å². The molecule has 1 aromatic carbocycles. The van der Waals surface area contributed by atoms with Crippen molar-refractivity contribution >= 4 is 11.5 Å². The summed E-state index contributed by atoms with van der Waals surface area (Å²) in [6, 6.07) is 4.81. The molecule has 21 heavy (non-hydrogen) atoms. The van der Waals surface area contributed by atoms with E-state index in [1.807, 2.05) is 0 Å². The number of ether oxygens (including phenoxy) is 1. The molecule has 110 valence electrons. The average molecular weight is 288 g/mol. The van der Waals surface area contributed by atoms with Crippen LogP contribution in [-0.2, 0) is 0 Å². The van der Waals surface area contributed by atoms with Gasteiger partial charge in [-0.3, -0.25) is 10.1 Å². The normalized spacial score (nSPS) is 10.3. The second kappa shape index (κ2) is 5.74. The number of benzene rings is 1. The van der Waals surface area contributed by atoms with Crippen molar-refractivity contribution in [2.75, 3.05) is 12.4 Å². The molecule has 0 fully saturated rings. The summed E-state index contributed by atoms with van der Waals surface area (Å²) in [5.74, 6) is 2.16. The van der Waals surface area contributed by atoms with Crippen molar-refractivity contribution < 1.29 is 9.66 Å². The highest BCUT2D eigenvalue weighted by Crippen LogP contribution is 2.30. The van der Waals surface area contributed by atoms with Crippen LogP contribution in [0.4, 0.5) is 11.5 Å². The van der Waals surface area contributed by atoms with E-state index in [1.165, 1.54) is 6.07 Å². The highest BCUT2D eigenvalue weighted by atomic mass is 16.6. The zero-order chi connectivity index (χ0) is 15.6. The topological polar surface area (TPSA) is 90.2 Å². The molecule has 1 heterocycles. The van der Waals surface area contributed by atoms with Gasteiger partial charge in [-0.1, -0.05) is 0 Å². The van der Waals surface area contributed by atoms with Gasteiger partial charge in [-0.05, 0) is 32.4 Å². The van der Waals surface area contributed by atoms with Crippen LogP contribution in [-0.4, -0.2) is 21.9 Å². The summed E-state index contributed by atoms with van der Waals surface area (Å²) < 4.78 is 5.73. The highest BCUT2D eigenvalue weighted by molar-refractivity contribution is 5.50. The van der Waals surface area contributed by atoms with Crippen LogP contribution in [0.25, 0.3) is 0 Å². The average Bonchev–Trinajstić information content (AvgIpc) is 2.41. The van der Waals surface area contributed by atoms with Crippen molar-refractivity contribution in [2.45, 2.75) is 20.8 Å². The number of anilines is 1. The van der Waals surface area contributed by atoms with Crippen molar-refractivity contribution in [3.05, 3.63) is 45.3 Å². The molecule has 2 rings (SSSR count). The molecule has 0 unspecified atom stereocenters. The van der Waals surface area contributed by atoms with E-state index in [2.05, 4.69) is 15.3 Å². The Kier molecular flexibility index (Phi) is 4.02. The fourth-order valence-corrected chi connectivity index (χ4v) is 1.91. The number of aryl methyl sites for hydroxylation is 3. The van der Waals surface area contributed by atoms with Crippen LogP contribution in [0.5, 0.6) is 11.6 Å². The fraction of sp³-hybridized carbons (Fsp3) is 0.286. The SMILES string of the molecule is CNc1cc(Oc2cc(C)c([N+](=O)[O-])cc2C)nc(C)n1. The summed E-state index contributed by atoms with van der Waals surface area (Å²) in [6.45, 7) is 5.20. The van der Waals surface area contributed by atoms with Crippen molar-refractivity contribution in [1.29, 1.82) is 0 Å². The summed E-state index contributed by atoms with van der Waals surface area (Å²) in [5.41, 5.74) is 1.30. The van der Waals surface area contributed by atoms with Crippen LogP contribution in [0, 0.1) is 30.9 Å². The Morgan fingerprint density at radius 3 is 2.48 bits per heavy atom. The first kappa shape index (κ1) is 14.7. The van der Waals surface area contributed by atoms with E-state index in [9.17, 15) is 10.1 Å². The van der Waals surface area contributed by atoms with E-state index in [0.717, 1.165) is 0 Å². The zero-order valence-electron chi connectivity index (χ0n) is 12.3. The Morgan fingerprint density at radius 1 is 1.14 bits per heavy atom. The van der Waals surface area contributed by atoms with Gasteiger partial charge < -0.3 is 10.1 Å². The molecule has 1 N–H and O–H groups in total. The van der Waals surface area contributed by atoms with E-state index in [-0.39, 0.29) is 5.69 Å². The van der Waals surface area contributed by atoms with Crippen LogP contribution in [0.15, 0.2) is 18.2 Å². The van der Waals surface area contributed by atoms with Crippen LogP contribution in [0.1, 0.15) is 17.0 Å². The molecule has 0 aliphatic rings.